The van der Waals surface area contributed by atoms with E-state index in [0.29, 0.717) is 29.5 Å². The van der Waals surface area contributed by atoms with Crippen molar-refractivity contribution in [2.45, 2.75) is 19.6 Å². The predicted octanol–water partition coefficient (Wildman–Crippen LogP) is 1.63. The second kappa shape index (κ2) is 4.69. The minimum absolute atomic E-state index is 0.421. The molecule has 1 unspecified atom stereocenters. The van der Waals surface area contributed by atoms with Crippen LogP contribution in [0.1, 0.15) is 24.4 Å². The Morgan fingerprint density at radius 3 is 3.00 bits per heavy atom. The molecule has 0 radical (unpaired) electrons. The molecule has 3 aromatic heterocycles. The zero-order valence-corrected chi connectivity index (χ0v) is 10.2. The van der Waals surface area contributed by atoms with E-state index in [1.807, 2.05) is 0 Å². The molecule has 7 nitrogen and oxygen atoms in total. The largest absolute Gasteiger partial charge is 0.461 e. The Kier molecular flexibility index (Phi) is 2.88. The highest BCUT2D eigenvalue weighted by molar-refractivity contribution is 5.49. The van der Waals surface area contributed by atoms with Crippen LogP contribution >= 0.6 is 0 Å². The lowest BCUT2D eigenvalue weighted by Crippen LogP contribution is -2.00. The summed E-state index contributed by atoms with van der Waals surface area (Å²) in [5.41, 5.74) is 1.23. The van der Waals surface area contributed by atoms with Gasteiger partial charge in [0.15, 0.2) is 5.76 Å². The summed E-state index contributed by atoms with van der Waals surface area (Å²) in [4.78, 5) is 0. The smallest absolute Gasteiger partial charge is 0.202 e. The van der Waals surface area contributed by atoms with Crippen molar-refractivity contribution in [3.8, 4) is 11.5 Å². The Balaban J connectivity index is 1.76. The lowest BCUT2D eigenvalue weighted by Gasteiger charge is -1.95. The molecule has 3 aromatic rings. The molecule has 0 aromatic carbocycles. The first-order chi connectivity index (χ1) is 9.22. The number of hydrogen-bond acceptors (Lipinski definition) is 6. The van der Waals surface area contributed by atoms with E-state index in [-0.39, 0.29) is 0 Å². The first-order valence-electron chi connectivity index (χ1n) is 5.80. The molecule has 19 heavy (non-hydrogen) atoms. The van der Waals surface area contributed by atoms with E-state index >= 15 is 0 Å². The molecule has 1 N–H and O–H groups in total. The van der Waals surface area contributed by atoms with Gasteiger partial charge in [0.25, 0.3) is 0 Å². The van der Waals surface area contributed by atoms with Crippen molar-refractivity contribution in [1.82, 2.24) is 20.2 Å². The van der Waals surface area contributed by atoms with Gasteiger partial charge in [0.2, 0.25) is 5.76 Å². The fourth-order valence-electron chi connectivity index (χ4n) is 1.67. The molecule has 0 aliphatic rings. The zero-order valence-electron chi connectivity index (χ0n) is 10.2. The number of aliphatic hydroxyl groups is 1. The van der Waals surface area contributed by atoms with E-state index in [4.69, 9.17) is 8.94 Å². The number of furan rings is 1. The Hall–Kier alpha value is -2.41. The SMILES string of the molecule is CC(O)c1cn(Cc2cc(-c3ccco3)on2)nn1. The Morgan fingerprint density at radius 1 is 1.42 bits per heavy atom. The molecule has 0 aliphatic carbocycles. The monoisotopic (exact) mass is 260 g/mol. The molecule has 0 fully saturated rings. The lowest BCUT2D eigenvalue weighted by molar-refractivity contribution is 0.194. The van der Waals surface area contributed by atoms with Gasteiger partial charge in [-0.15, -0.1) is 5.10 Å². The number of aliphatic hydroxyl groups excluding tert-OH is 1. The normalized spacial score (nSPS) is 12.7. The fraction of sp³-hybridized carbons (Fsp3) is 0.250. The van der Waals surface area contributed by atoms with Crippen LogP contribution in [0.3, 0.4) is 0 Å². The molecular formula is C12H12N4O3. The summed E-state index contributed by atoms with van der Waals surface area (Å²) in [6, 6.07) is 5.36. The number of rotatable bonds is 4. The van der Waals surface area contributed by atoms with Crippen LogP contribution < -0.4 is 0 Å². The zero-order chi connectivity index (χ0) is 13.2. The Labute approximate surface area is 108 Å². The molecular weight excluding hydrogens is 248 g/mol. The van der Waals surface area contributed by atoms with Crippen LogP contribution in [0.25, 0.3) is 11.5 Å². The van der Waals surface area contributed by atoms with Crippen molar-refractivity contribution < 1.29 is 14.0 Å². The van der Waals surface area contributed by atoms with Gasteiger partial charge in [0, 0.05) is 6.07 Å². The summed E-state index contributed by atoms with van der Waals surface area (Å²) < 4.78 is 12.0. The summed E-state index contributed by atoms with van der Waals surface area (Å²) in [6.45, 7) is 2.06. The molecule has 3 rings (SSSR count). The van der Waals surface area contributed by atoms with Crippen LogP contribution in [0.5, 0.6) is 0 Å². The average Bonchev–Trinajstić information content (AvgIpc) is 3.09. The maximum atomic E-state index is 9.37. The highest BCUT2D eigenvalue weighted by Crippen LogP contribution is 2.20. The molecule has 98 valence electrons. The van der Waals surface area contributed by atoms with Crippen molar-refractivity contribution >= 4 is 0 Å². The van der Waals surface area contributed by atoms with Crippen LogP contribution in [0.2, 0.25) is 0 Å². The number of nitrogens with zero attached hydrogens (tertiary/aromatic N) is 4. The molecule has 3 heterocycles. The fourth-order valence-corrected chi connectivity index (χ4v) is 1.67. The highest BCUT2D eigenvalue weighted by atomic mass is 16.5. The van der Waals surface area contributed by atoms with E-state index in [0.717, 1.165) is 0 Å². The van der Waals surface area contributed by atoms with E-state index in [1.54, 1.807) is 42.3 Å². The van der Waals surface area contributed by atoms with Gasteiger partial charge < -0.3 is 14.0 Å². The van der Waals surface area contributed by atoms with E-state index in [9.17, 15) is 5.11 Å². The maximum Gasteiger partial charge on any atom is 0.202 e. The molecule has 1 atom stereocenters. The topological polar surface area (TPSA) is 90.1 Å². The summed E-state index contributed by atoms with van der Waals surface area (Å²) >= 11 is 0. The number of hydrogen-bond donors (Lipinski definition) is 1. The summed E-state index contributed by atoms with van der Waals surface area (Å²) in [6.07, 6.45) is 2.61. The van der Waals surface area contributed by atoms with Crippen LogP contribution in [-0.2, 0) is 6.54 Å². The Bertz CT molecular complexity index is 654. The van der Waals surface area contributed by atoms with Gasteiger partial charge in [-0.2, -0.15) is 0 Å². The van der Waals surface area contributed by atoms with Crippen LogP contribution in [0, 0.1) is 0 Å². The second-order valence-corrected chi connectivity index (χ2v) is 4.18. The van der Waals surface area contributed by atoms with Gasteiger partial charge >= 0.3 is 0 Å². The molecule has 7 heteroatoms. The molecule has 0 aliphatic heterocycles. The molecule has 0 amide bonds. The lowest BCUT2D eigenvalue weighted by atomic mass is 10.3. The van der Waals surface area contributed by atoms with Gasteiger partial charge in [0.05, 0.1) is 25.1 Å². The molecule has 0 spiro atoms. The van der Waals surface area contributed by atoms with Crippen LogP contribution in [0.15, 0.2) is 39.6 Å². The van der Waals surface area contributed by atoms with Crippen molar-refractivity contribution in [3.05, 3.63) is 42.0 Å². The minimum Gasteiger partial charge on any atom is -0.461 e. The molecule has 0 saturated heterocycles. The average molecular weight is 260 g/mol. The van der Waals surface area contributed by atoms with Crippen molar-refractivity contribution in [2.75, 3.05) is 0 Å². The van der Waals surface area contributed by atoms with Gasteiger partial charge in [-0.3, -0.25) is 0 Å². The predicted molar refractivity (Wildman–Crippen MR) is 64.0 cm³/mol. The van der Waals surface area contributed by atoms with Gasteiger partial charge in [-0.25, -0.2) is 4.68 Å². The Morgan fingerprint density at radius 2 is 2.32 bits per heavy atom. The number of aromatic nitrogens is 4. The van der Waals surface area contributed by atoms with Gasteiger partial charge in [0.1, 0.15) is 11.4 Å². The summed E-state index contributed by atoms with van der Waals surface area (Å²) in [5, 5.41) is 21.1. The summed E-state index contributed by atoms with van der Waals surface area (Å²) in [5.74, 6) is 1.19. The van der Waals surface area contributed by atoms with Crippen molar-refractivity contribution in [2.24, 2.45) is 0 Å². The summed E-state index contributed by atoms with van der Waals surface area (Å²) in [7, 11) is 0. The third-order valence-electron chi connectivity index (χ3n) is 2.63. The van der Waals surface area contributed by atoms with Gasteiger partial charge in [-0.05, 0) is 19.1 Å². The van der Waals surface area contributed by atoms with Crippen molar-refractivity contribution in [1.29, 1.82) is 0 Å². The molecule has 0 saturated carbocycles. The van der Waals surface area contributed by atoms with Crippen molar-refractivity contribution in [3.63, 3.8) is 0 Å². The highest BCUT2D eigenvalue weighted by Gasteiger charge is 2.11. The standard InChI is InChI=1S/C12H12N4O3/c1-8(17)10-7-16(15-13-10)6-9-5-12(19-14-9)11-3-2-4-18-11/h2-5,7-8,17H,6H2,1H3. The first-order valence-corrected chi connectivity index (χ1v) is 5.80. The maximum absolute atomic E-state index is 9.37. The quantitative estimate of drug-likeness (QED) is 0.766. The van der Waals surface area contributed by atoms with E-state index in [2.05, 4.69) is 15.5 Å². The van der Waals surface area contributed by atoms with E-state index in [1.165, 1.54) is 0 Å². The van der Waals surface area contributed by atoms with Crippen LogP contribution in [-0.4, -0.2) is 25.3 Å². The third-order valence-corrected chi connectivity index (χ3v) is 2.63. The first kappa shape index (κ1) is 11.7. The van der Waals surface area contributed by atoms with E-state index < -0.39 is 6.10 Å². The minimum atomic E-state index is -0.635. The second-order valence-electron chi connectivity index (χ2n) is 4.18. The third kappa shape index (κ3) is 2.41. The van der Waals surface area contributed by atoms with Gasteiger partial charge in [-0.1, -0.05) is 10.4 Å². The van der Waals surface area contributed by atoms with Crippen LogP contribution in [0.4, 0.5) is 0 Å². The molecule has 0 bridgehead atoms.